The van der Waals surface area contributed by atoms with Gasteiger partial charge in [0, 0.05) is 5.39 Å². The van der Waals surface area contributed by atoms with Gasteiger partial charge < -0.3 is 9.67 Å². The quantitative estimate of drug-likeness (QED) is 0.728. The SMILES string of the molecule is CC(=O)c1c(O)n(Cc2ccccc2)c2cc(Cl)c(F)cc12. The van der Waals surface area contributed by atoms with Gasteiger partial charge in [0.05, 0.1) is 22.6 Å². The molecule has 22 heavy (non-hydrogen) atoms. The molecule has 1 N–H and O–H groups in total. The van der Waals surface area contributed by atoms with Crippen LogP contribution in [-0.2, 0) is 6.54 Å². The number of halogens is 2. The number of Topliss-reactive ketones (excluding diaryl/α,β-unsaturated/α-hetero) is 1. The fourth-order valence-electron chi connectivity index (χ4n) is 2.60. The maximum absolute atomic E-state index is 13.7. The summed E-state index contributed by atoms with van der Waals surface area (Å²) in [5, 5.41) is 10.7. The average Bonchev–Trinajstić information content (AvgIpc) is 2.73. The molecule has 0 bridgehead atoms. The van der Waals surface area contributed by atoms with Crippen molar-refractivity contribution in [1.82, 2.24) is 4.57 Å². The standard InChI is InChI=1S/C17H13ClFNO2/c1-10(21)16-12-7-14(19)13(18)8-15(12)20(17(16)22)9-11-5-3-2-4-6-11/h2-8,22H,9H2,1H3. The average molecular weight is 318 g/mol. The van der Waals surface area contributed by atoms with Gasteiger partial charge in [0.25, 0.3) is 0 Å². The van der Waals surface area contributed by atoms with Crippen molar-refractivity contribution in [3.05, 3.63) is 64.4 Å². The first-order valence-electron chi connectivity index (χ1n) is 6.74. The number of carbonyl (C=O) groups excluding carboxylic acids is 1. The molecule has 5 heteroatoms. The van der Waals surface area contributed by atoms with Gasteiger partial charge in [-0.1, -0.05) is 41.9 Å². The van der Waals surface area contributed by atoms with E-state index in [2.05, 4.69) is 0 Å². The third kappa shape index (κ3) is 2.35. The van der Waals surface area contributed by atoms with Crippen molar-refractivity contribution in [1.29, 1.82) is 0 Å². The molecule has 0 saturated heterocycles. The second kappa shape index (κ2) is 5.46. The summed E-state index contributed by atoms with van der Waals surface area (Å²) in [6, 6.07) is 12.1. The van der Waals surface area contributed by atoms with E-state index in [9.17, 15) is 14.3 Å². The first-order chi connectivity index (χ1) is 10.5. The highest BCUT2D eigenvalue weighted by atomic mass is 35.5. The van der Waals surface area contributed by atoms with Gasteiger partial charge >= 0.3 is 0 Å². The van der Waals surface area contributed by atoms with Crippen LogP contribution in [0.2, 0.25) is 5.02 Å². The molecule has 0 saturated carbocycles. The Hall–Kier alpha value is -2.33. The van der Waals surface area contributed by atoms with E-state index >= 15 is 0 Å². The molecule has 0 aliphatic heterocycles. The zero-order chi connectivity index (χ0) is 15.9. The maximum Gasteiger partial charge on any atom is 0.203 e. The van der Waals surface area contributed by atoms with Crippen LogP contribution in [0.25, 0.3) is 10.9 Å². The van der Waals surface area contributed by atoms with Crippen LogP contribution in [0.4, 0.5) is 4.39 Å². The van der Waals surface area contributed by atoms with E-state index < -0.39 is 5.82 Å². The lowest BCUT2D eigenvalue weighted by atomic mass is 10.1. The highest BCUT2D eigenvalue weighted by Crippen LogP contribution is 2.35. The molecule has 3 nitrogen and oxygen atoms in total. The first kappa shape index (κ1) is 14.6. The lowest BCUT2D eigenvalue weighted by Gasteiger charge is -2.07. The van der Waals surface area contributed by atoms with Crippen LogP contribution in [0.15, 0.2) is 42.5 Å². The molecular formula is C17H13ClFNO2. The predicted octanol–water partition coefficient (Wildman–Crippen LogP) is 4.39. The lowest BCUT2D eigenvalue weighted by Crippen LogP contribution is -1.99. The number of benzene rings is 2. The minimum Gasteiger partial charge on any atom is -0.494 e. The van der Waals surface area contributed by atoms with E-state index in [1.165, 1.54) is 19.1 Å². The number of hydrogen-bond acceptors (Lipinski definition) is 2. The molecule has 3 aromatic rings. The number of fused-ring (bicyclic) bond motifs is 1. The topological polar surface area (TPSA) is 42.2 Å². The Bertz CT molecular complexity index is 871. The van der Waals surface area contributed by atoms with Gasteiger partial charge in [-0.2, -0.15) is 0 Å². The molecule has 112 valence electrons. The summed E-state index contributed by atoms with van der Waals surface area (Å²) in [7, 11) is 0. The van der Waals surface area contributed by atoms with Gasteiger partial charge in [0.2, 0.25) is 5.88 Å². The molecule has 0 amide bonds. The van der Waals surface area contributed by atoms with Crippen LogP contribution < -0.4 is 0 Å². The van der Waals surface area contributed by atoms with Crippen LogP contribution in [-0.4, -0.2) is 15.5 Å². The number of aromatic nitrogens is 1. The fourth-order valence-corrected chi connectivity index (χ4v) is 2.76. The molecule has 1 heterocycles. The molecule has 0 spiro atoms. The van der Waals surface area contributed by atoms with Crippen LogP contribution in [0.1, 0.15) is 22.8 Å². The van der Waals surface area contributed by atoms with E-state index in [1.807, 2.05) is 30.3 Å². The molecule has 3 rings (SSSR count). The summed E-state index contributed by atoms with van der Waals surface area (Å²) in [4.78, 5) is 11.8. The molecule has 0 aliphatic rings. The third-order valence-corrected chi connectivity index (χ3v) is 3.90. The number of aromatic hydroxyl groups is 1. The molecular weight excluding hydrogens is 305 g/mol. The zero-order valence-electron chi connectivity index (χ0n) is 11.8. The van der Waals surface area contributed by atoms with Crippen molar-refractivity contribution in [3.8, 4) is 5.88 Å². The summed E-state index contributed by atoms with van der Waals surface area (Å²) in [5.41, 5.74) is 1.59. The Labute approximate surface area is 131 Å². The Morgan fingerprint density at radius 3 is 2.59 bits per heavy atom. The second-order valence-electron chi connectivity index (χ2n) is 5.11. The number of carbonyl (C=O) groups is 1. The Balaban J connectivity index is 2.27. The monoisotopic (exact) mass is 317 g/mol. The van der Waals surface area contributed by atoms with E-state index in [1.54, 1.807) is 4.57 Å². The van der Waals surface area contributed by atoms with E-state index in [4.69, 9.17) is 11.6 Å². The zero-order valence-corrected chi connectivity index (χ0v) is 12.6. The van der Waals surface area contributed by atoms with Crippen molar-refractivity contribution in [2.24, 2.45) is 0 Å². The number of nitrogens with zero attached hydrogens (tertiary/aromatic N) is 1. The normalized spacial score (nSPS) is 11.0. The van der Waals surface area contributed by atoms with Gasteiger partial charge in [-0.15, -0.1) is 0 Å². The van der Waals surface area contributed by atoms with E-state index in [0.717, 1.165) is 5.56 Å². The second-order valence-corrected chi connectivity index (χ2v) is 5.52. The molecule has 0 aliphatic carbocycles. The van der Waals surface area contributed by atoms with Gasteiger partial charge in [0.1, 0.15) is 5.82 Å². The van der Waals surface area contributed by atoms with Gasteiger partial charge in [-0.25, -0.2) is 4.39 Å². The van der Waals surface area contributed by atoms with Crippen LogP contribution in [0, 0.1) is 5.82 Å². The number of ketones is 1. The number of hydrogen-bond donors (Lipinski definition) is 1. The minimum absolute atomic E-state index is 0.0468. The summed E-state index contributed by atoms with van der Waals surface area (Å²) in [6.07, 6.45) is 0. The molecule has 1 aromatic heterocycles. The van der Waals surface area contributed by atoms with Crippen LogP contribution >= 0.6 is 11.6 Å². The Morgan fingerprint density at radius 1 is 1.27 bits per heavy atom. The van der Waals surface area contributed by atoms with Crippen molar-refractivity contribution in [2.75, 3.05) is 0 Å². The molecule has 0 unspecified atom stereocenters. The predicted molar refractivity (Wildman–Crippen MR) is 84.1 cm³/mol. The lowest BCUT2D eigenvalue weighted by molar-refractivity contribution is 0.101. The van der Waals surface area contributed by atoms with E-state index in [-0.39, 0.29) is 22.2 Å². The van der Waals surface area contributed by atoms with Crippen molar-refractivity contribution < 1.29 is 14.3 Å². The maximum atomic E-state index is 13.7. The smallest absolute Gasteiger partial charge is 0.203 e. The highest BCUT2D eigenvalue weighted by Gasteiger charge is 2.21. The van der Waals surface area contributed by atoms with Crippen molar-refractivity contribution >= 4 is 28.3 Å². The highest BCUT2D eigenvalue weighted by molar-refractivity contribution is 6.31. The summed E-state index contributed by atoms with van der Waals surface area (Å²) in [6.45, 7) is 1.70. The fraction of sp³-hybridized carbons (Fsp3) is 0.118. The summed E-state index contributed by atoms with van der Waals surface area (Å²) < 4.78 is 15.3. The van der Waals surface area contributed by atoms with Crippen LogP contribution in [0.3, 0.4) is 0 Å². The van der Waals surface area contributed by atoms with Gasteiger partial charge in [0.15, 0.2) is 5.78 Å². The number of rotatable bonds is 3. The van der Waals surface area contributed by atoms with Crippen LogP contribution in [0.5, 0.6) is 5.88 Å². The molecule has 2 aromatic carbocycles. The Kier molecular flexibility index (Phi) is 3.62. The minimum atomic E-state index is -0.617. The molecule has 0 radical (unpaired) electrons. The molecule has 0 atom stereocenters. The molecule has 0 fully saturated rings. The first-order valence-corrected chi connectivity index (χ1v) is 7.12. The summed E-state index contributed by atoms with van der Waals surface area (Å²) in [5.74, 6) is -1.11. The van der Waals surface area contributed by atoms with Gasteiger partial charge in [-0.05, 0) is 24.6 Å². The summed E-state index contributed by atoms with van der Waals surface area (Å²) >= 11 is 5.85. The third-order valence-electron chi connectivity index (χ3n) is 3.61. The Morgan fingerprint density at radius 2 is 1.95 bits per heavy atom. The van der Waals surface area contributed by atoms with Crippen molar-refractivity contribution in [3.63, 3.8) is 0 Å². The largest absolute Gasteiger partial charge is 0.494 e. The van der Waals surface area contributed by atoms with Gasteiger partial charge in [-0.3, -0.25) is 4.79 Å². The van der Waals surface area contributed by atoms with E-state index in [0.29, 0.717) is 17.4 Å². The van der Waals surface area contributed by atoms with Crippen molar-refractivity contribution in [2.45, 2.75) is 13.5 Å².